The van der Waals surface area contributed by atoms with Gasteiger partial charge in [-0.15, -0.1) is 5.10 Å². The van der Waals surface area contributed by atoms with Crippen LogP contribution in [0.15, 0.2) is 22.8 Å². The standard InChI is InChI=1S/C10H12N4O/c11-10-9(7-3-4-7)14(13-12-10)6-8-2-1-5-15-8/h1-2,5,7H,3-4,6,11H2. The van der Waals surface area contributed by atoms with Crippen molar-refractivity contribution in [1.82, 2.24) is 15.0 Å². The second-order valence-corrected chi connectivity index (χ2v) is 3.87. The number of nitrogens with two attached hydrogens (primary N) is 1. The molecule has 2 aromatic rings. The SMILES string of the molecule is Nc1nnn(Cc2ccco2)c1C1CC1. The molecule has 2 aromatic heterocycles. The molecule has 0 aliphatic heterocycles. The second-order valence-electron chi connectivity index (χ2n) is 3.87. The van der Waals surface area contributed by atoms with Crippen LogP contribution in [0.4, 0.5) is 5.82 Å². The summed E-state index contributed by atoms with van der Waals surface area (Å²) in [5.74, 6) is 1.99. The first-order valence-corrected chi connectivity index (χ1v) is 5.06. The average Bonchev–Trinajstić information content (AvgIpc) is 2.80. The van der Waals surface area contributed by atoms with Gasteiger partial charge in [0.05, 0.1) is 12.0 Å². The highest BCUT2D eigenvalue weighted by molar-refractivity contribution is 5.38. The molecule has 1 saturated carbocycles. The van der Waals surface area contributed by atoms with Crippen LogP contribution in [0.2, 0.25) is 0 Å². The van der Waals surface area contributed by atoms with E-state index in [1.807, 2.05) is 16.8 Å². The first kappa shape index (κ1) is 8.52. The van der Waals surface area contributed by atoms with Gasteiger partial charge in [-0.25, -0.2) is 4.68 Å². The van der Waals surface area contributed by atoms with Crippen LogP contribution < -0.4 is 5.73 Å². The van der Waals surface area contributed by atoms with Gasteiger partial charge in [0.2, 0.25) is 0 Å². The molecule has 0 spiro atoms. The highest BCUT2D eigenvalue weighted by Gasteiger charge is 2.30. The van der Waals surface area contributed by atoms with Crippen molar-refractivity contribution in [3.63, 3.8) is 0 Å². The Kier molecular flexibility index (Phi) is 1.77. The van der Waals surface area contributed by atoms with Gasteiger partial charge < -0.3 is 10.2 Å². The zero-order valence-electron chi connectivity index (χ0n) is 8.26. The van der Waals surface area contributed by atoms with Gasteiger partial charge in [-0.1, -0.05) is 5.21 Å². The lowest BCUT2D eigenvalue weighted by molar-refractivity contribution is 0.469. The Morgan fingerprint density at radius 1 is 1.53 bits per heavy atom. The summed E-state index contributed by atoms with van der Waals surface area (Å²) < 4.78 is 7.11. The van der Waals surface area contributed by atoms with Crippen LogP contribution in [0, 0.1) is 0 Å². The molecule has 15 heavy (non-hydrogen) atoms. The smallest absolute Gasteiger partial charge is 0.169 e. The number of nitrogen functional groups attached to an aromatic ring is 1. The van der Waals surface area contributed by atoms with Crippen molar-refractivity contribution in [2.45, 2.75) is 25.3 Å². The molecule has 78 valence electrons. The molecule has 0 aromatic carbocycles. The summed E-state index contributed by atoms with van der Waals surface area (Å²) in [6, 6.07) is 3.79. The van der Waals surface area contributed by atoms with E-state index >= 15 is 0 Å². The highest BCUT2D eigenvalue weighted by atomic mass is 16.3. The Morgan fingerprint density at radius 2 is 2.40 bits per heavy atom. The number of hydrogen-bond acceptors (Lipinski definition) is 4. The molecular weight excluding hydrogens is 192 g/mol. The monoisotopic (exact) mass is 204 g/mol. The largest absolute Gasteiger partial charge is 0.467 e. The predicted molar refractivity (Wildman–Crippen MR) is 54.2 cm³/mol. The quantitative estimate of drug-likeness (QED) is 0.819. The highest BCUT2D eigenvalue weighted by Crippen LogP contribution is 2.42. The van der Waals surface area contributed by atoms with Crippen molar-refractivity contribution in [2.24, 2.45) is 0 Å². The number of hydrogen-bond donors (Lipinski definition) is 1. The molecule has 0 unspecified atom stereocenters. The van der Waals surface area contributed by atoms with E-state index < -0.39 is 0 Å². The van der Waals surface area contributed by atoms with E-state index in [1.54, 1.807) is 6.26 Å². The lowest BCUT2D eigenvalue weighted by atomic mass is 10.3. The fraction of sp³-hybridized carbons (Fsp3) is 0.400. The minimum atomic E-state index is 0.551. The molecule has 1 aliphatic rings. The number of rotatable bonds is 3. The summed E-state index contributed by atoms with van der Waals surface area (Å²) in [5.41, 5.74) is 6.85. The fourth-order valence-corrected chi connectivity index (χ4v) is 1.78. The van der Waals surface area contributed by atoms with Crippen LogP contribution in [0.25, 0.3) is 0 Å². The van der Waals surface area contributed by atoms with Crippen LogP contribution in [0.1, 0.15) is 30.2 Å². The summed E-state index contributed by atoms with van der Waals surface area (Å²) >= 11 is 0. The molecule has 1 aliphatic carbocycles. The molecule has 3 rings (SSSR count). The Hall–Kier alpha value is -1.78. The molecular formula is C10H12N4O. The van der Waals surface area contributed by atoms with Crippen LogP contribution in [0.3, 0.4) is 0 Å². The third kappa shape index (κ3) is 1.49. The number of aromatic nitrogens is 3. The zero-order chi connectivity index (χ0) is 10.3. The van der Waals surface area contributed by atoms with Crippen LogP contribution in [-0.4, -0.2) is 15.0 Å². The van der Waals surface area contributed by atoms with Crippen molar-refractivity contribution in [1.29, 1.82) is 0 Å². The average molecular weight is 204 g/mol. The van der Waals surface area contributed by atoms with E-state index in [4.69, 9.17) is 10.2 Å². The number of nitrogens with zero attached hydrogens (tertiary/aromatic N) is 3. The maximum Gasteiger partial charge on any atom is 0.169 e. The maximum atomic E-state index is 5.79. The molecule has 0 saturated heterocycles. The number of furan rings is 1. The molecule has 0 amide bonds. The second kappa shape index (κ2) is 3.12. The van der Waals surface area contributed by atoms with E-state index in [9.17, 15) is 0 Å². The predicted octanol–water partition coefficient (Wildman–Crippen LogP) is 1.38. The van der Waals surface area contributed by atoms with Crippen LogP contribution in [-0.2, 0) is 6.54 Å². The third-order valence-electron chi connectivity index (χ3n) is 2.65. The topological polar surface area (TPSA) is 69.9 Å². The first-order chi connectivity index (χ1) is 7.34. The minimum Gasteiger partial charge on any atom is -0.467 e. The van der Waals surface area contributed by atoms with Gasteiger partial charge in [0.25, 0.3) is 0 Å². The normalized spacial score (nSPS) is 15.7. The van der Waals surface area contributed by atoms with Gasteiger partial charge in [0, 0.05) is 5.92 Å². The van der Waals surface area contributed by atoms with Gasteiger partial charge >= 0.3 is 0 Å². The fourth-order valence-electron chi connectivity index (χ4n) is 1.78. The molecule has 0 atom stereocenters. The van der Waals surface area contributed by atoms with E-state index in [0.717, 1.165) is 11.5 Å². The molecule has 1 fully saturated rings. The van der Waals surface area contributed by atoms with Crippen molar-refractivity contribution < 1.29 is 4.42 Å². The number of anilines is 1. The molecule has 5 nitrogen and oxygen atoms in total. The van der Waals surface area contributed by atoms with Crippen molar-refractivity contribution in [3.8, 4) is 0 Å². The van der Waals surface area contributed by atoms with Crippen molar-refractivity contribution in [3.05, 3.63) is 29.9 Å². The molecule has 2 N–H and O–H groups in total. The van der Waals surface area contributed by atoms with Crippen molar-refractivity contribution in [2.75, 3.05) is 5.73 Å². The van der Waals surface area contributed by atoms with Gasteiger partial charge in [0.1, 0.15) is 12.3 Å². The minimum absolute atomic E-state index is 0.551. The van der Waals surface area contributed by atoms with Gasteiger partial charge in [-0.3, -0.25) is 0 Å². The van der Waals surface area contributed by atoms with E-state index in [2.05, 4.69) is 10.3 Å². The summed E-state index contributed by atoms with van der Waals surface area (Å²) in [6.07, 6.45) is 4.04. The van der Waals surface area contributed by atoms with Crippen LogP contribution in [0.5, 0.6) is 0 Å². The molecule has 2 heterocycles. The van der Waals surface area contributed by atoms with Crippen LogP contribution >= 0.6 is 0 Å². The summed E-state index contributed by atoms with van der Waals surface area (Å²) in [4.78, 5) is 0. The Morgan fingerprint density at radius 3 is 3.07 bits per heavy atom. The third-order valence-corrected chi connectivity index (χ3v) is 2.65. The van der Waals surface area contributed by atoms with E-state index in [1.165, 1.54) is 12.8 Å². The maximum absolute atomic E-state index is 5.79. The Bertz CT molecular complexity index is 456. The van der Waals surface area contributed by atoms with Gasteiger partial charge in [-0.2, -0.15) is 0 Å². The summed E-state index contributed by atoms with van der Waals surface area (Å²) in [7, 11) is 0. The van der Waals surface area contributed by atoms with Gasteiger partial charge in [-0.05, 0) is 25.0 Å². The summed E-state index contributed by atoms with van der Waals surface area (Å²) in [6.45, 7) is 0.614. The lowest BCUT2D eigenvalue weighted by Gasteiger charge is -2.02. The molecule has 5 heteroatoms. The van der Waals surface area contributed by atoms with Gasteiger partial charge in [0.15, 0.2) is 5.82 Å². The summed E-state index contributed by atoms with van der Waals surface area (Å²) in [5, 5.41) is 7.94. The first-order valence-electron chi connectivity index (χ1n) is 5.06. The Balaban J connectivity index is 1.91. The molecule has 0 radical (unpaired) electrons. The molecule has 0 bridgehead atoms. The zero-order valence-corrected chi connectivity index (χ0v) is 8.26. The van der Waals surface area contributed by atoms with Crippen molar-refractivity contribution >= 4 is 5.82 Å². The lowest BCUT2D eigenvalue weighted by Crippen LogP contribution is -2.05. The van der Waals surface area contributed by atoms with E-state index in [-0.39, 0.29) is 0 Å². The van der Waals surface area contributed by atoms with E-state index in [0.29, 0.717) is 18.3 Å². The Labute approximate surface area is 86.9 Å².